The molecule has 0 bridgehead atoms. The first-order valence-corrected chi connectivity index (χ1v) is 9.65. The van der Waals surface area contributed by atoms with Gasteiger partial charge < -0.3 is 14.4 Å². The SMILES string of the molecule is Cc1c(C#N)c(CN(C)C)cc(OCc2ccccc2)c1C(=O)Oc1ccccc1. The molecule has 0 aliphatic rings. The molecule has 0 heterocycles. The molecular formula is C25H24N2O3. The molecule has 0 N–H and O–H groups in total. The number of carbonyl (C=O) groups excluding carboxylic acids is 1. The van der Waals surface area contributed by atoms with E-state index in [1.54, 1.807) is 37.3 Å². The number of rotatable bonds is 7. The first kappa shape index (κ1) is 21.1. The van der Waals surface area contributed by atoms with Gasteiger partial charge in [0.05, 0.1) is 11.6 Å². The predicted octanol–water partition coefficient (Wildman–Crippen LogP) is 4.73. The molecule has 0 spiro atoms. The van der Waals surface area contributed by atoms with E-state index in [0.717, 1.165) is 11.1 Å². The van der Waals surface area contributed by atoms with Crippen LogP contribution in [0, 0.1) is 18.3 Å². The van der Waals surface area contributed by atoms with Crippen LogP contribution in [0.25, 0.3) is 0 Å². The lowest BCUT2D eigenvalue weighted by atomic mass is 9.96. The Kier molecular flexibility index (Phi) is 6.84. The van der Waals surface area contributed by atoms with E-state index in [0.29, 0.717) is 35.8 Å². The van der Waals surface area contributed by atoms with Crippen LogP contribution in [0.1, 0.15) is 32.6 Å². The monoisotopic (exact) mass is 400 g/mol. The molecule has 3 aromatic rings. The summed E-state index contributed by atoms with van der Waals surface area (Å²) < 4.78 is 11.6. The fourth-order valence-corrected chi connectivity index (χ4v) is 3.22. The standard InChI is InChI=1S/C25H24N2O3/c1-18-22(15-26)20(16-27(2)3)14-23(29-17-19-10-6-4-7-11-19)24(18)25(28)30-21-12-8-5-9-13-21/h4-14H,16-17H2,1-3H3. The van der Waals surface area contributed by atoms with Crippen molar-refractivity contribution in [3.63, 3.8) is 0 Å². The van der Waals surface area contributed by atoms with Gasteiger partial charge in [-0.25, -0.2) is 4.79 Å². The van der Waals surface area contributed by atoms with Crippen molar-refractivity contribution in [1.29, 1.82) is 5.26 Å². The molecule has 5 nitrogen and oxygen atoms in total. The lowest BCUT2D eigenvalue weighted by Crippen LogP contribution is -2.17. The fraction of sp³-hybridized carbons (Fsp3) is 0.200. The van der Waals surface area contributed by atoms with Gasteiger partial charge in [-0.05, 0) is 55.9 Å². The van der Waals surface area contributed by atoms with Crippen LogP contribution in [-0.2, 0) is 13.2 Å². The average Bonchev–Trinajstić information content (AvgIpc) is 2.73. The molecule has 0 aromatic heterocycles. The molecule has 0 saturated heterocycles. The molecule has 0 unspecified atom stereocenters. The Hall–Kier alpha value is -3.62. The van der Waals surface area contributed by atoms with Gasteiger partial charge in [-0.15, -0.1) is 0 Å². The maximum Gasteiger partial charge on any atom is 0.347 e. The zero-order valence-electron chi connectivity index (χ0n) is 17.4. The lowest BCUT2D eigenvalue weighted by molar-refractivity contribution is 0.0729. The van der Waals surface area contributed by atoms with Gasteiger partial charge >= 0.3 is 5.97 Å². The maximum atomic E-state index is 13.0. The molecule has 0 aliphatic heterocycles. The Morgan fingerprint density at radius 1 is 1.03 bits per heavy atom. The zero-order chi connectivity index (χ0) is 21.5. The molecule has 0 fully saturated rings. The fourth-order valence-electron chi connectivity index (χ4n) is 3.22. The molecule has 3 aromatic carbocycles. The molecule has 0 radical (unpaired) electrons. The highest BCUT2D eigenvalue weighted by atomic mass is 16.5. The molecule has 0 saturated carbocycles. The van der Waals surface area contributed by atoms with Crippen molar-refractivity contribution >= 4 is 5.97 Å². The van der Waals surface area contributed by atoms with Gasteiger partial charge in [0, 0.05) is 6.54 Å². The van der Waals surface area contributed by atoms with Crippen molar-refractivity contribution in [3.05, 3.63) is 94.5 Å². The third kappa shape index (κ3) is 5.05. The van der Waals surface area contributed by atoms with Crippen molar-refractivity contribution in [1.82, 2.24) is 4.90 Å². The van der Waals surface area contributed by atoms with E-state index in [2.05, 4.69) is 6.07 Å². The van der Waals surface area contributed by atoms with E-state index in [-0.39, 0.29) is 5.56 Å². The number of ether oxygens (including phenoxy) is 2. The van der Waals surface area contributed by atoms with Crippen LogP contribution in [0.5, 0.6) is 11.5 Å². The van der Waals surface area contributed by atoms with E-state index < -0.39 is 5.97 Å². The molecule has 5 heteroatoms. The van der Waals surface area contributed by atoms with E-state index in [1.807, 2.05) is 55.4 Å². The van der Waals surface area contributed by atoms with Crippen molar-refractivity contribution < 1.29 is 14.3 Å². The molecule has 30 heavy (non-hydrogen) atoms. The first-order valence-electron chi connectivity index (χ1n) is 9.65. The lowest BCUT2D eigenvalue weighted by Gasteiger charge is -2.19. The Morgan fingerprint density at radius 3 is 2.27 bits per heavy atom. The maximum absolute atomic E-state index is 13.0. The predicted molar refractivity (Wildman–Crippen MR) is 115 cm³/mol. The highest BCUT2D eigenvalue weighted by Gasteiger charge is 2.24. The van der Waals surface area contributed by atoms with Gasteiger partial charge in [-0.3, -0.25) is 0 Å². The van der Waals surface area contributed by atoms with Gasteiger partial charge in [0.2, 0.25) is 0 Å². The number of esters is 1. The third-order valence-corrected chi connectivity index (χ3v) is 4.62. The zero-order valence-corrected chi connectivity index (χ0v) is 17.4. The largest absolute Gasteiger partial charge is 0.488 e. The number of nitriles is 1. The molecule has 152 valence electrons. The average molecular weight is 400 g/mol. The summed E-state index contributed by atoms with van der Waals surface area (Å²) in [4.78, 5) is 15.0. The quantitative estimate of drug-likeness (QED) is 0.424. The topological polar surface area (TPSA) is 62.6 Å². The highest BCUT2D eigenvalue weighted by Crippen LogP contribution is 2.31. The summed E-state index contributed by atoms with van der Waals surface area (Å²) in [5, 5.41) is 9.75. The van der Waals surface area contributed by atoms with Crippen molar-refractivity contribution in [3.8, 4) is 17.6 Å². The number of hydrogen-bond acceptors (Lipinski definition) is 5. The molecular weight excluding hydrogens is 376 g/mol. The van der Waals surface area contributed by atoms with Gasteiger partial charge in [0.1, 0.15) is 23.7 Å². The number of para-hydroxylation sites is 1. The summed E-state index contributed by atoms with van der Waals surface area (Å²) in [6.45, 7) is 2.62. The Labute approximate surface area is 177 Å². The van der Waals surface area contributed by atoms with E-state index in [9.17, 15) is 10.1 Å². The van der Waals surface area contributed by atoms with Gasteiger partial charge in [-0.2, -0.15) is 5.26 Å². The van der Waals surface area contributed by atoms with E-state index >= 15 is 0 Å². The van der Waals surface area contributed by atoms with Crippen molar-refractivity contribution in [2.75, 3.05) is 14.1 Å². The third-order valence-electron chi connectivity index (χ3n) is 4.62. The van der Waals surface area contributed by atoms with Crippen molar-refractivity contribution in [2.45, 2.75) is 20.1 Å². The summed E-state index contributed by atoms with van der Waals surface area (Å²) in [7, 11) is 3.86. The Morgan fingerprint density at radius 2 is 1.67 bits per heavy atom. The number of benzene rings is 3. The van der Waals surface area contributed by atoms with Gasteiger partial charge in [0.25, 0.3) is 0 Å². The van der Waals surface area contributed by atoms with Crippen LogP contribution in [0.3, 0.4) is 0 Å². The van der Waals surface area contributed by atoms with Crippen LogP contribution in [0.2, 0.25) is 0 Å². The van der Waals surface area contributed by atoms with Crippen LogP contribution in [0.15, 0.2) is 66.7 Å². The minimum Gasteiger partial charge on any atom is -0.488 e. The van der Waals surface area contributed by atoms with Gasteiger partial charge in [0.15, 0.2) is 0 Å². The van der Waals surface area contributed by atoms with E-state index in [4.69, 9.17) is 9.47 Å². The number of carbonyl (C=O) groups is 1. The molecule has 3 rings (SSSR count). The summed E-state index contributed by atoms with van der Waals surface area (Å²) in [5.74, 6) is 0.301. The summed E-state index contributed by atoms with van der Waals surface area (Å²) in [5.41, 5.74) is 3.08. The van der Waals surface area contributed by atoms with Crippen LogP contribution in [0.4, 0.5) is 0 Å². The highest BCUT2D eigenvalue weighted by molar-refractivity contribution is 5.96. The summed E-state index contributed by atoms with van der Waals surface area (Å²) >= 11 is 0. The van der Waals surface area contributed by atoms with Crippen LogP contribution >= 0.6 is 0 Å². The molecule has 0 aliphatic carbocycles. The second-order valence-corrected chi connectivity index (χ2v) is 7.24. The first-order chi connectivity index (χ1) is 14.5. The molecule has 0 amide bonds. The minimum atomic E-state index is -0.547. The second kappa shape index (κ2) is 9.73. The number of hydrogen-bond donors (Lipinski definition) is 0. The summed E-state index contributed by atoms with van der Waals surface area (Å²) in [6, 6.07) is 22.6. The Bertz CT molecular complexity index is 1060. The Balaban J connectivity index is 2.02. The number of nitrogens with zero attached hydrogens (tertiary/aromatic N) is 2. The smallest absolute Gasteiger partial charge is 0.347 e. The normalized spacial score (nSPS) is 10.5. The van der Waals surface area contributed by atoms with Crippen LogP contribution < -0.4 is 9.47 Å². The van der Waals surface area contributed by atoms with Gasteiger partial charge in [-0.1, -0.05) is 48.5 Å². The van der Waals surface area contributed by atoms with Crippen molar-refractivity contribution in [2.24, 2.45) is 0 Å². The van der Waals surface area contributed by atoms with E-state index in [1.165, 1.54) is 0 Å². The second-order valence-electron chi connectivity index (χ2n) is 7.24. The summed E-state index contributed by atoms with van der Waals surface area (Å²) in [6.07, 6.45) is 0. The minimum absolute atomic E-state index is 0.272. The molecule has 0 atom stereocenters. The van der Waals surface area contributed by atoms with Crippen LogP contribution in [-0.4, -0.2) is 25.0 Å².